The van der Waals surface area contributed by atoms with Gasteiger partial charge in [-0.1, -0.05) is 18.2 Å². The number of hydrogen-bond donors (Lipinski definition) is 3. The number of likely N-dealkylation sites (tertiary alicyclic amines) is 1. The first-order valence-electron chi connectivity index (χ1n) is 15.2. The lowest BCUT2D eigenvalue weighted by molar-refractivity contribution is -0.137. The highest BCUT2D eigenvalue weighted by Gasteiger charge is 2.40. The first-order chi connectivity index (χ1) is 22.1. The van der Waals surface area contributed by atoms with Gasteiger partial charge in [-0.05, 0) is 67.5 Å². The Morgan fingerprint density at radius 2 is 1.89 bits per heavy atom. The van der Waals surface area contributed by atoms with E-state index < -0.39 is 17.8 Å². The van der Waals surface area contributed by atoms with E-state index in [1.807, 2.05) is 0 Å². The van der Waals surface area contributed by atoms with Gasteiger partial charge in [0.25, 0.3) is 11.8 Å². The Labute approximate surface area is 264 Å². The number of rotatable bonds is 7. The van der Waals surface area contributed by atoms with Gasteiger partial charge >= 0.3 is 0 Å². The highest BCUT2D eigenvalue weighted by atomic mass is 19.1. The molecule has 0 spiro atoms. The summed E-state index contributed by atoms with van der Waals surface area (Å²) >= 11 is 0. The zero-order valence-corrected chi connectivity index (χ0v) is 25.2. The minimum Gasteiger partial charge on any atom is -0.508 e. The number of fused-ring (bicyclic) bond motifs is 2. The van der Waals surface area contributed by atoms with Crippen LogP contribution in [0, 0.1) is 12.7 Å². The first-order valence-corrected chi connectivity index (χ1v) is 15.2. The molecule has 3 aromatic carbocycles. The lowest BCUT2D eigenvalue weighted by Gasteiger charge is -2.32. The SMILES string of the molecule is Cc1c(O)cc2ccc(/C=C/C(=O)NC3CCN(C(=O)COc4cccc5c4CN(C4CCC(=O)NC4=O)C5=O)CC3)cc2c1F. The molecule has 0 saturated carbocycles. The minimum absolute atomic E-state index is 0.106. The van der Waals surface area contributed by atoms with Crippen LogP contribution in [0.3, 0.4) is 0 Å². The highest BCUT2D eigenvalue weighted by Crippen LogP contribution is 2.34. The molecule has 12 heteroatoms. The molecule has 5 amide bonds. The van der Waals surface area contributed by atoms with Crippen molar-refractivity contribution in [3.63, 3.8) is 0 Å². The molecule has 3 aromatic rings. The fourth-order valence-electron chi connectivity index (χ4n) is 6.18. The molecule has 2 fully saturated rings. The molecule has 0 radical (unpaired) electrons. The van der Waals surface area contributed by atoms with Crippen molar-refractivity contribution in [1.82, 2.24) is 20.4 Å². The lowest BCUT2D eigenvalue weighted by Crippen LogP contribution is -2.52. The molecule has 6 rings (SSSR count). The van der Waals surface area contributed by atoms with Crippen molar-refractivity contribution >= 4 is 46.4 Å². The number of halogens is 1. The third-order valence-corrected chi connectivity index (χ3v) is 8.83. The summed E-state index contributed by atoms with van der Waals surface area (Å²) in [4.78, 5) is 65.6. The van der Waals surface area contributed by atoms with Crippen LogP contribution in [-0.4, -0.2) is 76.2 Å². The van der Waals surface area contributed by atoms with Gasteiger partial charge in [0.15, 0.2) is 6.61 Å². The molecule has 3 aliphatic heterocycles. The van der Waals surface area contributed by atoms with Gasteiger partial charge < -0.3 is 25.0 Å². The van der Waals surface area contributed by atoms with Crippen LogP contribution in [0.25, 0.3) is 16.8 Å². The van der Waals surface area contributed by atoms with E-state index in [1.54, 1.807) is 47.4 Å². The second-order valence-electron chi connectivity index (χ2n) is 11.8. The normalized spacial score (nSPS) is 18.7. The van der Waals surface area contributed by atoms with Crippen LogP contribution < -0.4 is 15.4 Å². The van der Waals surface area contributed by atoms with E-state index in [-0.39, 0.29) is 67.0 Å². The van der Waals surface area contributed by atoms with E-state index in [2.05, 4.69) is 10.6 Å². The number of aromatic hydroxyl groups is 1. The maximum absolute atomic E-state index is 14.6. The zero-order chi connectivity index (χ0) is 32.5. The largest absolute Gasteiger partial charge is 0.508 e. The van der Waals surface area contributed by atoms with E-state index in [9.17, 15) is 33.5 Å². The molecule has 0 aliphatic carbocycles. The predicted octanol–water partition coefficient (Wildman–Crippen LogP) is 2.95. The average Bonchev–Trinajstić information content (AvgIpc) is 3.38. The summed E-state index contributed by atoms with van der Waals surface area (Å²) in [6.45, 7) is 2.29. The molecule has 2 saturated heterocycles. The van der Waals surface area contributed by atoms with Gasteiger partial charge in [0.05, 0.1) is 6.54 Å². The van der Waals surface area contributed by atoms with Crippen LogP contribution in [0.1, 0.15) is 52.7 Å². The average molecular weight is 629 g/mol. The molecule has 46 heavy (non-hydrogen) atoms. The number of nitrogens with zero attached hydrogens (tertiary/aromatic N) is 2. The van der Waals surface area contributed by atoms with Crippen molar-refractivity contribution in [2.75, 3.05) is 19.7 Å². The zero-order valence-electron chi connectivity index (χ0n) is 25.2. The summed E-state index contributed by atoms with van der Waals surface area (Å²) in [6.07, 6.45) is 4.53. The van der Waals surface area contributed by atoms with E-state index in [0.717, 1.165) is 0 Å². The van der Waals surface area contributed by atoms with Crippen LogP contribution >= 0.6 is 0 Å². The summed E-state index contributed by atoms with van der Waals surface area (Å²) < 4.78 is 20.5. The van der Waals surface area contributed by atoms with Gasteiger partial charge in [0, 0.05) is 53.7 Å². The van der Waals surface area contributed by atoms with E-state index in [0.29, 0.717) is 59.1 Å². The Bertz CT molecular complexity index is 1800. The smallest absolute Gasteiger partial charge is 0.260 e. The Morgan fingerprint density at radius 3 is 2.65 bits per heavy atom. The molecule has 3 N–H and O–H groups in total. The van der Waals surface area contributed by atoms with Gasteiger partial charge in [-0.3, -0.25) is 29.3 Å². The molecular weight excluding hydrogens is 595 g/mol. The van der Waals surface area contributed by atoms with Gasteiger partial charge in [0.2, 0.25) is 17.7 Å². The molecule has 11 nitrogen and oxygen atoms in total. The molecule has 238 valence electrons. The topological polar surface area (TPSA) is 145 Å². The predicted molar refractivity (Wildman–Crippen MR) is 165 cm³/mol. The summed E-state index contributed by atoms with van der Waals surface area (Å²) in [6, 6.07) is 10.7. The Balaban J connectivity index is 0.987. The summed E-state index contributed by atoms with van der Waals surface area (Å²) in [5.74, 6) is -1.90. The molecule has 1 atom stereocenters. The Morgan fingerprint density at radius 1 is 1.11 bits per heavy atom. The fraction of sp³-hybridized carbons (Fsp3) is 0.324. The van der Waals surface area contributed by atoms with Crippen LogP contribution in [0.5, 0.6) is 11.5 Å². The van der Waals surface area contributed by atoms with Crippen molar-refractivity contribution in [3.8, 4) is 11.5 Å². The van der Waals surface area contributed by atoms with Crippen LogP contribution in [-0.2, 0) is 25.7 Å². The molecule has 3 aliphatic rings. The number of hydrogen-bond acceptors (Lipinski definition) is 7. The summed E-state index contributed by atoms with van der Waals surface area (Å²) in [5, 5.41) is 16.0. The van der Waals surface area contributed by atoms with Crippen molar-refractivity contribution in [2.45, 2.75) is 51.2 Å². The number of imide groups is 1. The molecule has 0 aromatic heterocycles. The maximum Gasteiger partial charge on any atom is 0.260 e. The third-order valence-electron chi connectivity index (χ3n) is 8.83. The van der Waals surface area contributed by atoms with Crippen LogP contribution in [0.15, 0.2) is 48.5 Å². The number of piperidine rings is 2. The second-order valence-corrected chi connectivity index (χ2v) is 11.8. The lowest BCUT2D eigenvalue weighted by atomic mass is 10.0. The Hall–Kier alpha value is -5.26. The molecular formula is C34H33FN4O7. The van der Waals surface area contributed by atoms with Crippen LogP contribution in [0.4, 0.5) is 4.39 Å². The number of ether oxygens (including phenoxy) is 1. The van der Waals surface area contributed by atoms with Gasteiger partial charge in [-0.2, -0.15) is 0 Å². The van der Waals surface area contributed by atoms with Gasteiger partial charge in [0.1, 0.15) is 23.4 Å². The number of nitrogens with one attached hydrogen (secondary N) is 2. The molecule has 1 unspecified atom stereocenters. The van der Waals surface area contributed by atoms with Crippen molar-refractivity contribution < 1.29 is 38.2 Å². The van der Waals surface area contributed by atoms with E-state index in [4.69, 9.17) is 4.74 Å². The standard InChI is InChI=1S/C34H33FN4O7/c1-19-27(40)16-21-7-5-20(15-24(21)32(19)35)6-9-29(41)36-22-11-13-38(14-12-22)31(43)18-46-28-4-2-3-23-25(28)17-39(34(23)45)26-8-10-30(42)37-33(26)44/h2-7,9,15-16,22,26,40H,8,10-14,17-18H2,1H3,(H,36,41)(H,37,42,44)/b9-6+. The maximum atomic E-state index is 14.6. The summed E-state index contributed by atoms with van der Waals surface area (Å²) in [5.41, 5.74) is 1.82. The number of amides is 5. The minimum atomic E-state index is -0.742. The number of phenolic OH excluding ortho intramolecular Hbond substituents is 1. The number of carbonyl (C=O) groups is 5. The fourth-order valence-corrected chi connectivity index (χ4v) is 6.18. The van der Waals surface area contributed by atoms with Gasteiger partial charge in [-0.25, -0.2) is 4.39 Å². The third kappa shape index (κ3) is 6.15. The van der Waals surface area contributed by atoms with Gasteiger partial charge in [-0.15, -0.1) is 0 Å². The van der Waals surface area contributed by atoms with Crippen molar-refractivity contribution in [1.29, 1.82) is 0 Å². The van der Waals surface area contributed by atoms with Crippen molar-refractivity contribution in [3.05, 3.63) is 76.6 Å². The van der Waals surface area contributed by atoms with E-state index >= 15 is 0 Å². The number of carbonyl (C=O) groups excluding carboxylic acids is 5. The summed E-state index contributed by atoms with van der Waals surface area (Å²) in [7, 11) is 0. The number of benzene rings is 3. The quantitative estimate of drug-likeness (QED) is 0.270. The molecule has 3 heterocycles. The second kappa shape index (κ2) is 12.6. The highest BCUT2D eigenvalue weighted by molar-refractivity contribution is 6.05. The molecule has 0 bridgehead atoms. The van der Waals surface area contributed by atoms with Crippen molar-refractivity contribution in [2.24, 2.45) is 0 Å². The van der Waals surface area contributed by atoms with Crippen LogP contribution in [0.2, 0.25) is 0 Å². The Kier molecular flexibility index (Phi) is 8.44. The first kappa shape index (κ1) is 30.8. The monoisotopic (exact) mass is 628 g/mol. The number of phenols is 1. The van der Waals surface area contributed by atoms with E-state index in [1.165, 1.54) is 24.0 Å².